The van der Waals surface area contributed by atoms with Gasteiger partial charge in [-0.15, -0.1) is 0 Å². The Morgan fingerprint density at radius 2 is 1.70 bits per heavy atom. The lowest BCUT2D eigenvalue weighted by Gasteiger charge is -2.23. The van der Waals surface area contributed by atoms with Gasteiger partial charge >= 0.3 is 6.09 Å². The molecule has 0 spiro atoms. The first-order chi connectivity index (χ1) is 14.5. The third-order valence-corrected chi connectivity index (χ3v) is 5.43. The van der Waals surface area contributed by atoms with E-state index in [4.69, 9.17) is 4.74 Å². The van der Waals surface area contributed by atoms with E-state index in [1.165, 1.54) is 11.1 Å². The highest BCUT2D eigenvalue weighted by molar-refractivity contribution is 5.89. The zero-order chi connectivity index (χ0) is 21.1. The Hall–Kier alpha value is -3.41. The first-order valence-corrected chi connectivity index (χ1v) is 10.2. The van der Waals surface area contributed by atoms with Crippen LogP contribution in [0.2, 0.25) is 0 Å². The van der Waals surface area contributed by atoms with Gasteiger partial charge in [0.1, 0.15) is 12.4 Å². The predicted octanol–water partition coefficient (Wildman–Crippen LogP) is 5.30. The summed E-state index contributed by atoms with van der Waals surface area (Å²) in [4.78, 5) is 22.7. The van der Waals surface area contributed by atoms with Crippen LogP contribution in [0.5, 0.6) is 0 Å². The standard InChI is InChI=1S/C24H26N4O2/c1-16(2)21-15-30-24(29)28(21)23-14-25-13-22(27-23)26-17(3)18-9-11-20(12-10-18)19-7-5-4-6-8-19/h4-14,16-17,21H,15H2,1-3H3,(H,26,27)/t17-,21+/m0/s1. The van der Waals surface area contributed by atoms with Gasteiger partial charge in [-0.25, -0.2) is 9.78 Å². The van der Waals surface area contributed by atoms with Crippen molar-refractivity contribution in [2.45, 2.75) is 32.9 Å². The highest BCUT2D eigenvalue weighted by Crippen LogP contribution is 2.27. The zero-order valence-corrected chi connectivity index (χ0v) is 17.4. The average Bonchev–Trinajstić information content (AvgIpc) is 3.16. The molecule has 154 valence electrons. The van der Waals surface area contributed by atoms with E-state index in [1.54, 1.807) is 17.3 Å². The van der Waals surface area contributed by atoms with Crippen molar-refractivity contribution in [1.82, 2.24) is 9.97 Å². The molecule has 1 amide bonds. The van der Waals surface area contributed by atoms with Gasteiger partial charge in [0, 0.05) is 6.04 Å². The second-order valence-electron chi connectivity index (χ2n) is 7.87. The van der Waals surface area contributed by atoms with E-state index in [2.05, 4.69) is 72.5 Å². The van der Waals surface area contributed by atoms with Crippen molar-refractivity contribution in [2.75, 3.05) is 16.8 Å². The topological polar surface area (TPSA) is 67.3 Å². The van der Waals surface area contributed by atoms with E-state index >= 15 is 0 Å². The number of nitrogens with one attached hydrogen (secondary N) is 1. The van der Waals surface area contributed by atoms with Crippen molar-refractivity contribution in [3.05, 3.63) is 72.6 Å². The first-order valence-electron chi connectivity index (χ1n) is 10.2. The Kier molecular flexibility index (Phi) is 5.65. The Morgan fingerprint density at radius 1 is 1.00 bits per heavy atom. The van der Waals surface area contributed by atoms with Crippen LogP contribution in [0.25, 0.3) is 11.1 Å². The molecule has 2 atom stereocenters. The SMILES string of the molecule is CC(C)[C@H]1COC(=O)N1c1cncc(N[C@@H](C)c2ccc(-c3ccccc3)cc2)n1. The van der Waals surface area contributed by atoms with Crippen molar-refractivity contribution in [2.24, 2.45) is 5.92 Å². The number of aromatic nitrogens is 2. The van der Waals surface area contributed by atoms with Gasteiger partial charge in [0.2, 0.25) is 0 Å². The fourth-order valence-corrected chi connectivity index (χ4v) is 3.63. The number of cyclic esters (lactones) is 1. The van der Waals surface area contributed by atoms with Crippen molar-refractivity contribution in [3.63, 3.8) is 0 Å². The first kappa shape index (κ1) is 19.9. The lowest BCUT2D eigenvalue weighted by molar-refractivity contribution is 0.177. The maximum Gasteiger partial charge on any atom is 0.415 e. The molecule has 6 nitrogen and oxygen atoms in total. The van der Waals surface area contributed by atoms with E-state index in [-0.39, 0.29) is 24.1 Å². The minimum Gasteiger partial charge on any atom is -0.447 e. The molecule has 1 N–H and O–H groups in total. The molecule has 4 rings (SSSR count). The molecule has 2 aromatic carbocycles. The van der Waals surface area contributed by atoms with E-state index in [0.29, 0.717) is 18.2 Å². The number of amides is 1. The van der Waals surface area contributed by atoms with E-state index < -0.39 is 0 Å². The van der Waals surface area contributed by atoms with Crippen molar-refractivity contribution < 1.29 is 9.53 Å². The Bertz CT molecular complexity index is 1010. The summed E-state index contributed by atoms with van der Waals surface area (Å²) >= 11 is 0. The summed E-state index contributed by atoms with van der Waals surface area (Å²) in [5.74, 6) is 1.39. The molecule has 1 aliphatic rings. The van der Waals surface area contributed by atoms with Crippen LogP contribution in [-0.4, -0.2) is 28.7 Å². The maximum absolute atomic E-state index is 12.2. The molecule has 1 aliphatic heterocycles. The normalized spacial score (nSPS) is 17.1. The van der Waals surface area contributed by atoms with E-state index in [9.17, 15) is 4.79 Å². The molecule has 6 heteroatoms. The second-order valence-corrected chi connectivity index (χ2v) is 7.87. The van der Waals surface area contributed by atoms with Gasteiger partial charge in [-0.3, -0.25) is 9.88 Å². The number of ether oxygens (including phenoxy) is 1. The number of hydrogen-bond acceptors (Lipinski definition) is 5. The highest BCUT2D eigenvalue weighted by atomic mass is 16.6. The van der Waals surface area contributed by atoms with Crippen LogP contribution in [-0.2, 0) is 4.74 Å². The lowest BCUT2D eigenvalue weighted by atomic mass is 10.0. The fraction of sp³-hybridized carbons (Fsp3) is 0.292. The molecular weight excluding hydrogens is 376 g/mol. The lowest BCUT2D eigenvalue weighted by Crippen LogP contribution is -2.37. The molecule has 30 heavy (non-hydrogen) atoms. The van der Waals surface area contributed by atoms with E-state index in [1.807, 2.05) is 18.2 Å². The van der Waals surface area contributed by atoms with Gasteiger partial charge in [-0.1, -0.05) is 68.4 Å². The number of benzene rings is 2. The quantitative estimate of drug-likeness (QED) is 0.606. The van der Waals surface area contributed by atoms with Gasteiger partial charge in [0.15, 0.2) is 5.82 Å². The zero-order valence-electron chi connectivity index (χ0n) is 17.4. The van der Waals surface area contributed by atoms with Gasteiger partial charge in [-0.2, -0.15) is 0 Å². The Labute approximate surface area is 176 Å². The number of carbonyl (C=O) groups excluding carboxylic acids is 1. The molecule has 3 aromatic rings. The van der Waals surface area contributed by atoms with Crippen LogP contribution in [0, 0.1) is 5.92 Å². The van der Waals surface area contributed by atoms with Crippen molar-refractivity contribution in [3.8, 4) is 11.1 Å². The molecule has 2 heterocycles. The molecular formula is C24H26N4O2. The summed E-state index contributed by atoms with van der Waals surface area (Å²) in [6, 6.07) is 18.8. The molecule has 0 bridgehead atoms. The molecule has 0 aliphatic carbocycles. The molecule has 1 saturated heterocycles. The smallest absolute Gasteiger partial charge is 0.415 e. The fourth-order valence-electron chi connectivity index (χ4n) is 3.63. The molecule has 1 fully saturated rings. The summed E-state index contributed by atoms with van der Waals surface area (Å²) in [5.41, 5.74) is 3.52. The number of carbonyl (C=O) groups is 1. The Balaban J connectivity index is 1.49. The molecule has 0 radical (unpaired) electrons. The number of nitrogens with zero attached hydrogens (tertiary/aromatic N) is 3. The van der Waals surface area contributed by atoms with Gasteiger partial charge in [0.05, 0.1) is 18.4 Å². The third-order valence-electron chi connectivity index (χ3n) is 5.43. The predicted molar refractivity (Wildman–Crippen MR) is 118 cm³/mol. The number of rotatable bonds is 6. The molecule has 1 aromatic heterocycles. The molecule has 0 unspecified atom stereocenters. The van der Waals surface area contributed by atoms with Crippen LogP contribution in [0.3, 0.4) is 0 Å². The van der Waals surface area contributed by atoms with Crippen LogP contribution in [0.1, 0.15) is 32.4 Å². The van der Waals surface area contributed by atoms with Crippen LogP contribution >= 0.6 is 0 Å². The maximum atomic E-state index is 12.2. The monoisotopic (exact) mass is 402 g/mol. The molecule has 0 saturated carbocycles. The van der Waals surface area contributed by atoms with Gasteiger partial charge < -0.3 is 10.1 Å². The Morgan fingerprint density at radius 3 is 2.40 bits per heavy atom. The average molecular weight is 402 g/mol. The summed E-state index contributed by atoms with van der Waals surface area (Å²) in [7, 11) is 0. The van der Waals surface area contributed by atoms with Crippen LogP contribution < -0.4 is 10.2 Å². The van der Waals surface area contributed by atoms with Crippen LogP contribution in [0.15, 0.2) is 67.0 Å². The van der Waals surface area contributed by atoms with E-state index in [0.717, 1.165) is 5.56 Å². The summed E-state index contributed by atoms with van der Waals surface area (Å²) in [6.45, 7) is 6.58. The second kappa shape index (κ2) is 8.53. The summed E-state index contributed by atoms with van der Waals surface area (Å²) in [5, 5.41) is 3.39. The number of hydrogen-bond donors (Lipinski definition) is 1. The van der Waals surface area contributed by atoms with Crippen LogP contribution in [0.4, 0.5) is 16.4 Å². The highest BCUT2D eigenvalue weighted by Gasteiger charge is 2.37. The summed E-state index contributed by atoms with van der Waals surface area (Å²) in [6.07, 6.45) is 2.90. The number of anilines is 2. The minimum atomic E-state index is -0.371. The largest absolute Gasteiger partial charge is 0.447 e. The third kappa shape index (κ3) is 4.13. The minimum absolute atomic E-state index is 0.0331. The van der Waals surface area contributed by atoms with Crippen molar-refractivity contribution >= 4 is 17.7 Å². The van der Waals surface area contributed by atoms with Gasteiger partial charge in [0.25, 0.3) is 0 Å². The van der Waals surface area contributed by atoms with Gasteiger partial charge in [-0.05, 0) is 29.5 Å². The van der Waals surface area contributed by atoms with Crippen molar-refractivity contribution in [1.29, 1.82) is 0 Å². The summed E-state index contributed by atoms with van der Waals surface area (Å²) < 4.78 is 5.23.